The van der Waals surface area contributed by atoms with E-state index in [-0.39, 0.29) is 4.90 Å². The second-order valence-electron chi connectivity index (χ2n) is 6.78. The summed E-state index contributed by atoms with van der Waals surface area (Å²) >= 11 is 0. The van der Waals surface area contributed by atoms with Gasteiger partial charge < -0.3 is 0 Å². The number of para-hydroxylation sites is 1. The summed E-state index contributed by atoms with van der Waals surface area (Å²) in [6.45, 7) is 6.57. The highest BCUT2D eigenvalue weighted by molar-refractivity contribution is 7.90. The molecule has 0 aliphatic rings. The van der Waals surface area contributed by atoms with E-state index in [1.807, 2.05) is 30.3 Å². The number of rotatable bonds is 3. The molecule has 0 fully saturated rings. The maximum absolute atomic E-state index is 13.3. The van der Waals surface area contributed by atoms with Crippen molar-refractivity contribution in [2.24, 2.45) is 0 Å². The molecule has 0 saturated carbocycles. The van der Waals surface area contributed by atoms with E-state index < -0.39 is 18.1 Å². The number of terminal acetylenes is 1. The van der Waals surface area contributed by atoms with E-state index in [2.05, 4.69) is 25.6 Å². The van der Waals surface area contributed by atoms with Crippen molar-refractivity contribution in [3.8, 4) is 12.3 Å². The average molecular weight is 354 g/mol. The van der Waals surface area contributed by atoms with Crippen LogP contribution >= 0.6 is 0 Å². The normalized spacial score (nSPS) is 12.2. The third-order valence-electron chi connectivity index (χ3n) is 4.05. The van der Waals surface area contributed by atoms with Gasteiger partial charge in [-0.1, -0.05) is 61.1 Å². The Labute approximate surface area is 144 Å². The van der Waals surface area contributed by atoms with Crippen molar-refractivity contribution in [3.63, 3.8) is 0 Å². The molecule has 0 spiro atoms. The molecule has 0 unspecified atom stereocenters. The number of benzene rings is 2. The number of fused-ring (bicyclic) bond motifs is 1. The molecular weight excluding hydrogens is 334 g/mol. The first-order valence-electron chi connectivity index (χ1n) is 7.68. The average Bonchev–Trinajstić information content (AvgIpc) is 2.93. The molecule has 0 bridgehead atoms. The van der Waals surface area contributed by atoms with Crippen molar-refractivity contribution < 1.29 is 8.42 Å². The maximum atomic E-state index is 13.3. The Morgan fingerprint density at radius 3 is 2.38 bits per heavy atom. The van der Waals surface area contributed by atoms with Crippen molar-refractivity contribution >= 4 is 34.2 Å². The van der Waals surface area contributed by atoms with E-state index in [1.165, 1.54) is 3.97 Å². The molecule has 2 aromatic carbocycles. The van der Waals surface area contributed by atoms with Gasteiger partial charge in [-0.25, -0.2) is 12.4 Å². The van der Waals surface area contributed by atoms with E-state index in [9.17, 15) is 8.42 Å². The Morgan fingerprint density at radius 1 is 1.00 bits per heavy atom. The summed E-state index contributed by atoms with van der Waals surface area (Å²) in [7, 11) is -5.37. The summed E-state index contributed by atoms with van der Waals surface area (Å²) in [5.41, 5.74) is 0.943. The Kier molecular flexibility index (Phi) is 3.90. The second kappa shape index (κ2) is 5.66. The first kappa shape index (κ1) is 16.6. The lowest BCUT2D eigenvalue weighted by Crippen LogP contribution is -2.37. The topological polar surface area (TPSA) is 39.1 Å². The van der Waals surface area contributed by atoms with Gasteiger partial charge in [0.2, 0.25) is 0 Å². The van der Waals surface area contributed by atoms with Gasteiger partial charge >= 0.3 is 0 Å². The zero-order chi connectivity index (χ0) is 17.5. The molecule has 3 rings (SSSR count). The fourth-order valence-corrected chi connectivity index (χ4v) is 5.53. The van der Waals surface area contributed by atoms with Gasteiger partial charge in [0.05, 0.1) is 18.5 Å². The lowest BCUT2D eigenvalue weighted by Gasteiger charge is -2.18. The summed E-state index contributed by atoms with van der Waals surface area (Å²) in [5, 5.41) is 1.91. The fraction of sp³-hybridized carbons (Fsp3) is 0.158. The van der Waals surface area contributed by atoms with Crippen LogP contribution in [0.3, 0.4) is 0 Å². The third kappa shape index (κ3) is 2.68. The minimum Gasteiger partial charge on any atom is -0.226 e. The minimum atomic E-state index is -3.75. The van der Waals surface area contributed by atoms with Gasteiger partial charge in [-0.15, -0.1) is 6.42 Å². The highest BCUT2D eigenvalue weighted by atomic mass is 32.2. The molecule has 1 aromatic heterocycles. The third-order valence-corrected chi connectivity index (χ3v) is 7.82. The Bertz CT molecular complexity index is 1070. The van der Waals surface area contributed by atoms with Crippen LogP contribution in [0.4, 0.5) is 0 Å². The molecule has 0 atom stereocenters. The van der Waals surface area contributed by atoms with Crippen molar-refractivity contribution in [2.45, 2.75) is 24.5 Å². The minimum absolute atomic E-state index is 0.278. The van der Waals surface area contributed by atoms with Crippen LogP contribution in [0.25, 0.3) is 10.9 Å². The largest absolute Gasteiger partial charge is 0.269 e. The van der Waals surface area contributed by atoms with Crippen molar-refractivity contribution in [3.05, 3.63) is 60.3 Å². The van der Waals surface area contributed by atoms with Crippen molar-refractivity contribution in [2.75, 3.05) is 0 Å². The van der Waals surface area contributed by atoms with E-state index in [1.54, 1.807) is 24.3 Å². The number of nitrogens with zero attached hydrogens (tertiary/aromatic N) is 1. The van der Waals surface area contributed by atoms with Crippen LogP contribution in [0.2, 0.25) is 19.6 Å². The smallest absolute Gasteiger partial charge is 0.226 e. The highest BCUT2D eigenvalue weighted by Gasteiger charge is 2.24. The first-order chi connectivity index (χ1) is 11.2. The molecule has 1 heterocycles. The molecule has 3 nitrogen and oxygen atoms in total. The Balaban J connectivity index is 2.29. The van der Waals surface area contributed by atoms with Crippen molar-refractivity contribution in [1.29, 1.82) is 0 Å². The maximum Gasteiger partial charge on any atom is 0.269 e. The molecule has 0 aliphatic carbocycles. The monoisotopic (exact) mass is 353 g/mol. The van der Waals surface area contributed by atoms with Crippen LogP contribution in [0.1, 0.15) is 5.69 Å². The van der Waals surface area contributed by atoms with Crippen LogP contribution in [0.5, 0.6) is 0 Å². The van der Waals surface area contributed by atoms with Crippen molar-refractivity contribution in [1.82, 2.24) is 3.97 Å². The van der Waals surface area contributed by atoms with Gasteiger partial charge in [-0.3, -0.25) is 0 Å². The zero-order valence-electron chi connectivity index (χ0n) is 13.9. The number of aromatic nitrogens is 1. The van der Waals surface area contributed by atoms with E-state index in [4.69, 9.17) is 6.42 Å². The van der Waals surface area contributed by atoms with E-state index in [0.717, 1.165) is 10.6 Å². The van der Waals surface area contributed by atoms with Gasteiger partial charge in [0.1, 0.15) is 5.69 Å². The van der Waals surface area contributed by atoms with Crippen LogP contribution in [0.15, 0.2) is 59.5 Å². The molecule has 0 aliphatic heterocycles. The van der Waals surface area contributed by atoms with E-state index in [0.29, 0.717) is 11.2 Å². The number of hydrogen-bond acceptors (Lipinski definition) is 2. The molecule has 24 heavy (non-hydrogen) atoms. The standard InChI is InChI=1S/C19H19NO2SSi/c1-5-16-13-15-9-6-7-12-19(15)20(16)23(21,22)17-10-8-11-18(14-17)24(2,3)4/h1,6-14H,2-4H3. The van der Waals surface area contributed by atoms with Gasteiger partial charge in [0, 0.05) is 5.39 Å². The van der Waals surface area contributed by atoms with Crippen LogP contribution in [-0.4, -0.2) is 20.5 Å². The molecule has 0 saturated heterocycles. The molecular formula is C19H19NO2SSi. The van der Waals surface area contributed by atoms with Gasteiger partial charge in [-0.05, 0) is 24.3 Å². The van der Waals surface area contributed by atoms with Crippen LogP contribution < -0.4 is 5.19 Å². The van der Waals surface area contributed by atoms with Crippen LogP contribution in [0, 0.1) is 12.3 Å². The van der Waals surface area contributed by atoms with Crippen LogP contribution in [-0.2, 0) is 10.0 Å². The van der Waals surface area contributed by atoms with Gasteiger partial charge in [0.25, 0.3) is 10.0 Å². The molecule has 0 amide bonds. The first-order valence-corrected chi connectivity index (χ1v) is 12.6. The summed E-state index contributed by atoms with van der Waals surface area (Å²) in [6.07, 6.45) is 5.56. The summed E-state index contributed by atoms with van der Waals surface area (Å²) in [4.78, 5) is 0.278. The lowest BCUT2D eigenvalue weighted by molar-refractivity contribution is 0.589. The predicted octanol–water partition coefficient (Wildman–Crippen LogP) is 3.40. The molecule has 0 N–H and O–H groups in total. The quantitative estimate of drug-likeness (QED) is 0.535. The van der Waals surface area contributed by atoms with Gasteiger partial charge in [-0.2, -0.15) is 0 Å². The molecule has 3 aromatic rings. The molecule has 0 radical (unpaired) electrons. The summed E-state index contributed by atoms with van der Waals surface area (Å²) in [6, 6.07) is 16.3. The zero-order valence-corrected chi connectivity index (χ0v) is 15.8. The predicted molar refractivity (Wildman–Crippen MR) is 102 cm³/mol. The highest BCUT2D eigenvalue weighted by Crippen LogP contribution is 2.25. The SMILES string of the molecule is C#Cc1cc2ccccc2n1S(=O)(=O)c1cccc([Si](C)(C)C)c1. The number of hydrogen-bond donors (Lipinski definition) is 0. The fourth-order valence-electron chi connectivity index (χ4n) is 2.72. The molecule has 122 valence electrons. The Hall–Kier alpha value is -2.29. The molecule has 5 heteroatoms. The van der Waals surface area contributed by atoms with Gasteiger partial charge in [0.15, 0.2) is 0 Å². The lowest BCUT2D eigenvalue weighted by atomic mass is 10.2. The Morgan fingerprint density at radius 2 is 1.71 bits per heavy atom. The summed E-state index contributed by atoms with van der Waals surface area (Å²) in [5.74, 6) is 2.50. The van der Waals surface area contributed by atoms with E-state index >= 15 is 0 Å². The summed E-state index contributed by atoms with van der Waals surface area (Å²) < 4.78 is 27.8. The second-order valence-corrected chi connectivity index (χ2v) is 13.6.